The van der Waals surface area contributed by atoms with Gasteiger partial charge in [-0.3, -0.25) is 4.68 Å². The molecule has 0 aliphatic carbocycles. The highest BCUT2D eigenvalue weighted by Crippen LogP contribution is 2.45. The Morgan fingerprint density at radius 2 is 1.94 bits per heavy atom. The maximum absolute atomic E-state index is 15.4. The predicted octanol–water partition coefficient (Wildman–Crippen LogP) is 6.54. The molecule has 1 atom stereocenters. The molecule has 0 fully saturated rings. The molecule has 1 aromatic carbocycles. The summed E-state index contributed by atoms with van der Waals surface area (Å²) in [5.74, 6) is -1.52. The van der Waals surface area contributed by atoms with Gasteiger partial charge in [0.05, 0.1) is 6.54 Å². The van der Waals surface area contributed by atoms with Crippen LogP contribution in [0.3, 0.4) is 0 Å². The number of rotatable bonds is 3. The lowest BCUT2D eigenvalue weighted by Crippen LogP contribution is -2.41. The Balaban J connectivity index is 1.89. The average molecular weight is 521 g/mol. The zero-order valence-electron chi connectivity index (χ0n) is 20.1. The third kappa shape index (κ3) is 4.82. The molecule has 4 rings (SSSR count). The molecule has 0 saturated heterocycles. The summed E-state index contributed by atoms with van der Waals surface area (Å²) < 4.78 is 63.8. The summed E-state index contributed by atoms with van der Waals surface area (Å²) in [7, 11) is 0. The molecule has 190 valence electrons. The van der Waals surface area contributed by atoms with Crippen LogP contribution in [0.25, 0.3) is 11.1 Å². The van der Waals surface area contributed by atoms with Gasteiger partial charge in [0.2, 0.25) is 0 Å². The first-order valence-electron chi connectivity index (χ1n) is 11.3. The van der Waals surface area contributed by atoms with Crippen LogP contribution in [0.5, 0.6) is 0 Å². The molecule has 0 radical (unpaired) electrons. The van der Waals surface area contributed by atoms with Crippen LogP contribution >= 0.6 is 11.3 Å². The SMILES string of the molecule is CCn1cc(-c2ccccc2C2CN(C(=O)OC(C)(C)C)Cc3sc(C#N)c(F)c32)c(C(F)(F)F)n1. The van der Waals surface area contributed by atoms with Gasteiger partial charge < -0.3 is 9.64 Å². The van der Waals surface area contributed by atoms with E-state index in [9.17, 15) is 23.2 Å². The molecule has 0 bridgehead atoms. The van der Waals surface area contributed by atoms with Gasteiger partial charge in [-0.15, -0.1) is 11.3 Å². The van der Waals surface area contributed by atoms with Gasteiger partial charge in [0.25, 0.3) is 0 Å². The minimum absolute atomic E-state index is 0.0271. The normalized spacial score (nSPS) is 16.0. The van der Waals surface area contributed by atoms with Gasteiger partial charge in [0.15, 0.2) is 11.5 Å². The smallest absolute Gasteiger partial charge is 0.435 e. The van der Waals surface area contributed by atoms with Crippen molar-refractivity contribution in [1.82, 2.24) is 14.7 Å². The molecule has 2 aromatic heterocycles. The Bertz CT molecular complexity index is 1350. The van der Waals surface area contributed by atoms with Crippen LogP contribution in [0.1, 0.15) is 60.2 Å². The Morgan fingerprint density at radius 1 is 1.25 bits per heavy atom. The number of nitriles is 1. The van der Waals surface area contributed by atoms with Gasteiger partial charge in [0.1, 0.15) is 16.5 Å². The first kappa shape index (κ1) is 25.7. The number of amides is 1. The number of carbonyl (C=O) groups is 1. The fourth-order valence-electron chi connectivity index (χ4n) is 4.31. The number of benzene rings is 1. The number of hydrogen-bond donors (Lipinski definition) is 0. The molecule has 0 spiro atoms. The molecular formula is C25H24F4N4O2S. The van der Waals surface area contributed by atoms with Crippen molar-refractivity contribution in [2.24, 2.45) is 0 Å². The highest BCUT2D eigenvalue weighted by atomic mass is 32.1. The zero-order valence-corrected chi connectivity index (χ0v) is 20.9. The number of aryl methyl sites for hydroxylation is 1. The zero-order chi connectivity index (χ0) is 26.4. The molecule has 36 heavy (non-hydrogen) atoms. The van der Waals surface area contributed by atoms with Gasteiger partial charge >= 0.3 is 12.3 Å². The van der Waals surface area contributed by atoms with Crippen LogP contribution in [-0.2, 0) is 24.0 Å². The van der Waals surface area contributed by atoms with Crippen molar-refractivity contribution in [3.8, 4) is 17.2 Å². The highest BCUT2D eigenvalue weighted by molar-refractivity contribution is 7.12. The lowest BCUT2D eigenvalue weighted by Gasteiger charge is -2.35. The van der Waals surface area contributed by atoms with Crippen LogP contribution in [0.2, 0.25) is 0 Å². The number of ether oxygens (including phenoxy) is 1. The van der Waals surface area contributed by atoms with E-state index in [2.05, 4.69) is 5.10 Å². The summed E-state index contributed by atoms with van der Waals surface area (Å²) in [6, 6.07) is 8.24. The Labute approximate surface area is 209 Å². The van der Waals surface area contributed by atoms with Gasteiger partial charge in [-0.05, 0) is 38.8 Å². The quantitative estimate of drug-likeness (QED) is 0.368. The molecule has 1 amide bonds. The summed E-state index contributed by atoms with van der Waals surface area (Å²) >= 11 is 0.934. The average Bonchev–Trinajstić information content (AvgIpc) is 3.38. The van der Waals surface area contributed by atoms with Gasteiger partial charge in [0, 0.05) is 41.2 Å². The van der Waals surface area contributed by atoms with E-state index >= 15 is 4.39 Å². The Hall–Kier alpha value is -3.39. The fourth-order valence-corrected chi connectivity index (χ4v) is 5.36. The number of hydrogen-bond acceptors (Lipinski definition) is 5. The Morgan fingerprint density at radius 3 is 2.56 bits per heavy atom. The lowest BCUT2D eigenvalue weighted by atomic mass is 9.83. The fraction of sp³-hybridized carbons (Fsp3) is 0.400. The molecule has 6 nitrogen and oxygen atoms in total. The maximum atomic E-state index is 15.4. The molecule has 11 heteroatoms. The first-order chi connectivity index (χ1) is 16.8. The molecule has 3 aromatic rings. The van der Waals surface area contributed by atoms with Crippen LogP contribution in [0.15, 0.2) is 30.5 Å². The van der Waals surface area contributed by atoms with Crippen molar-refractivity contribution in [1.29, 1.82) is 5.26 Å². The van der Waals surface area contributed by atoms with Gasteiger partial charge in [-0.1, -0.05) is 24.3 Å². The minimum atomic E-state index is -4.70. The van der Waals surface area contributed by atoms with Gasteiger partial charge in [-0.25, -0.2) is 9.18 Å². The van der Waals surface area contributed by atoms with Crippen molar-refractivity contribution < 1.29 is 27.1 Å². The van der Waals surface area contributed by atoms with Crippen molar-refractivity contribution in [3.05, 3.63) is 62.9 Å². The summed E-state index contributed by atoms with van der Waals surface area (Å²) in [6.45, 7) is 7.07. The van der Waals surface area contributed by atoms with E-state index in [0.29, 0.717) is 10.4 Å². The maximum Gasteiger partial charge on any atom is 0.435 e. The summed E-state index contributed by atoms with van der Waals surface area (Å²) in [5, 5.41) is 13.1. The minimum Gasteiger partial charge on any atom is -0.444 e. The Kier molecular flexibility index (Phi) is 6.60. The number of alkyl halides is 3. The van der Waals surface area contributed by atoms with Crippen LogP contribution in [0.4, 0.5) is 22.4 Å². The third-order valence-corrected chi connectivity index (χ3v) is 6.85. The monoisotopic (exact) mass is 520 g/mol. The predicted molar refractivity (Wildman–Crippen MR) is 126 cm³/mol. The summed E-state index contributed by atoms with van der Waals surface area (Å²) in [6.07, 6.45) is -4.01. The molecular weight excluding hydrogens is 496 g/mol. The molecule has 1 unspecified atom stereocenters. The third-order valence-electron chi connectivity index (χ3n) is 5.78. The van der Waals surface area contributed by atoms with E-state index in [-0.39, 0.29) is 41.2 Å². The molecule has 0 saturated carbocycles. The largest absolute Gasteiger partial charge is 0.444 e. The lowest BCUT2D eigenvalue weighted by molar-refractivity contribution is -0.141. The standard InChI is InChI=1S/C25H24F4N4O2S/c1-5-33-12-17(22(31-33)25(27,28)29)15-9-7-6-8-14(15)16-11-32(23(34)35-24(2,3)4)13-19-20(16)21(26)18(10-30)36-19/h6-9,12,16H,5,11,13H2,1-4H3. The first-order valence-corrected chi connectivity index (χ1v) is 12.1. The number of thiophene rings is 1. The van der Waals surface area contributed by atoms with E-state index in [0.717, 1.165) is 11.3 Å². The number of carbonyl (C=O) groups excluding carboxylic acids is 1. The molecule has 3 heterocycles. The molecule has 1 aliphatic heterocycles. The van der Waals surface area contributed by atoms with Crippen molar-refractivity contribution in [2.45, 2.75) is 58.5 Å². The van der Waals surface area contributed by atoms with Crippen molar-refractivity contribution >= 4 is 17.4 Å². The van der Waals surface area contributed by atoms with E-state index in [4.69, 9.17) is 4.74 Å². The second-order valence-electron chi connectivity index (χ2n) is 9.44. The summed E-state index contributed by atoms with van der Waals surface area (Å²) in [5.41, 5.74) is -1.10. The van der Waals surface area contributed by atoms with Gasteiger partial charge in [-0.2, -0.15) is 23.5 Å². The van der Waals surface area contributed by atoms with Crippen LogP contribution < -0.4 is 0 Å². The number of fused-ring (bicyclic) bond motifs is 1. The van der Waals surface area contributed by atoms with Crippen molar-refractivity contribution in [2.75, 3.05) is 6.54 Å². The topological polar surface area (TPSA) is 71.2 Å². The summed E-state index contributed by atoms with van der Waals surface area (Å²) in [4.78, 5) is 14.7. The van der Waals surface area contributed by atoms with E-state index in [1.54, 1.807) is 45.9 Å². The second-order valence-corrected chi connectivity index (χ2v) is 10.5. The van der Waals surface area contributed by atoms with E-state index in [1.165, 1.54) is 21.8 Å². The number of aromatic nitrogens is 2. The van der Waals surface area contributed by atoms with E-state index in [1.807, 2.05) is 6.07 Å². The van der Waals surface area contributed by atoms with E-state index < -0.39 is 35.3 Å². The highest BCUT2D eigenvalue weighted by Gasteiger charge is 2.41. The number of nitrogens with zero attached hydrogens (tertiary/aromatic N) is 4. The van der Waals surface area contributed by atoms with Crippen LogP contribution in [0, 0.1) is 17.1 Å². The molecule has 1 aliphatic rings. The second kappa shape index (κ2) is 9.24. The van der Waals surface area contributed by atoms with Crippen LogP contribution in [-0.4, -0.2) is 32.9 Å². The molecule has 0 N–H and O–H groups in total. The number of halogens is 4. The van der Waals surface area contributed by atoms with Crippen molar-refractivity contribution in [3.63, 3.8) is 0 Å².